The summed E-state index contributed by atoms with van der Waals surface area (Å²) in [5.74, 6) is 0.438. The van der Waals surface area contributed by atoms with Crippen molar-refractivity contribution in [2.24, 2.45) is 11.3 Å². The summed E-state index contributed by atoms with van der Waals surface area (Å²) in [5, 5.41) is 0.555. The summed E-state index contributed by atoms with van der Waals surface area (Å²) in [5.41, 5.74) is 0.749. The van der Waals surface area contributed by atoms with Gasteiger partial charge in [-0.2, -0.15) is 0 Å². The first-order valence-corrected chi connectivity index (χ1v) is 12.1. The SMILES string of the molecule is CC(=O)C1(CCC(C)Cc2ccc(OC(F)(F)F)cc2)CCC(Sc2ccccc2)CC1. The van der Waals surface area contributed by atoms with Gasteiger partial charge in [0.2, 0.25) is 0 Å². The van der Waals surface area contributed by atoms with E-state index in [1.54, 1.807) is 19.1 Å². The molecule has 174 valence electrons. The van der Waals surface area contributed by atoms with Crippen LogP contribution >= 0.6 is 11.8 Å². The Morgan fingerprint density at radius 3 is 2.28 bits per heavy atom. The molecule has 0 aliphatic heterocycles. The number of hydrogen-bond acceptors (Lipinski definition) is 3. The Balaban J connectivity index is 1.49. The van der Waals surface area contributed by atoms with Crippen molar-refractivity contribution < 1.29 is 22.7 Å². The molecule has 1 aliphatic carbocycles. The van der Waals surface area contributed by atoms with E-state index >= 15 is 0 Å². The highest BCUT2D eigenvalue weighted by Gasteiger charge is 2.39. The second-order valence-electron chi connectivity index (χ2n) is 9.01. The molecule has 0 bridgehead atoms. The van der Waals surface area contributed by atoms with Crippen molar-refractivity contribution in [1.82, 2.24) is 0 Å². The van der Waals surface area contributed by atoms with Gasteiger partial charge in [-0.15, -0.1) is 24.9 Å². The molecular formula is C26H31F3O2S. The van der Waals surface area contributed by atoms with Crippen LogP contribution in [0.4, 0.5) is 13.2 Å². The molecule has 0 amide bonds. The lowest BCUT2D eigenvalue weighted by atomic mass is 9.67. The molecule has 0 radical (unpaired) electrons. The zero-order chi connectivity index (χ0) is 23.2. The van der Waals surface area contributed by atoms with Crippen LogP contribution in [-0.4, -0.2) is 17.4 Å². The third kappa shape index (κ3) is 7.29. The molecule has 32 heavy (non-hydrogen) atoms. The van der Waals surface area contributed by atoms with E-state index < -0.39 is 6.36 Å². The second-order valence-corrected chi connectivity index (χ2v) is 10.4. The molecule has 1 unspecified atom stereocenters. The van der Waals surface area contributed by atoms with Gasteiger partial charge in [0.1, 0.15) is 11.5 Å². The second kappa shape index (κ2) is 10.8. The van der Waals surface area contributed by atoms with Crippen molar-refractivity contribution in [1.29, 1.82) is 0 Å². The van der Waals surface area contributed by atoms with Crippen molar-refractivity contribution in [2.75, 3.05) is 0 Å². The van der Waals surface area contributed by atoms with E-state index in [0.29, 0.717) is 17.0 Å². The van der Waals surface area contributed by atoms with Crippen LogP contribution in [0.15, 0.2) is 59.5 Å². The van der Waals surface area contributed by atoms with Crippen molar-refractivity contribution in [3.05, 3.63) is 60.2 Å². The number of carbonyl (C=O) groups is 1. The summed E-state index contributed by atoms with van der Waals surface area (Å²) < 4.78 is 40.9. The number of benzene rings is 2. The molecule has 1 atom stereocenters. The standard InChI is InChI=1S/C26H31F3O2S/c1-19(18-21-8-10-22(11-9-21)31-26(27,28)29)12-15-25(20(2)30)16-13-24(14-17-25)32-23-6-4-3-5-7-23/h3-11,19,24H,12-18H2,1-2H3. The zero-order valence-electron chi connectivity index (χ0n) is 18.7. The minimum Gasteiger partial charge on any atom is -0.406 e. The Labute approximate surface area is 192 Å². The summed E-state index contributed by atoms with van der Waals surface area (Å²) >= 11 is 1.92. The van der Waals surface area contributed by atoms with E-state index in [-0.39, 0.29) is 11.2 Å². The summed E-state index contributed by atoms with van der Waals surface area (Å²) in [7, 11) is 0. The van der Waals surface area contributed by atoms with Gasteiger partial charge < -0.3 is 4.74 Å². The van der Waals surface area contributed by atoms with Crippen molar-refractivity contribution in [3.8, 4) is 5.75 Å². The minimum absolute atomic E-state index is 0.199. The van der Waals surface area contributed by atoms with Gasteiger partial charge in [0.15, 0.2) is 0 Å². The van der Waals surface area contributed by atoms with Gasteiger partial charge in [-0.3, -0.25) is 4.79 Å². The van der Waals surface area contributed by atoms with Crippen LogP contribution in [0.5, 0.6) is 5.75 Å². The van der Waals surface area contributed by atoms with Crippen LogP contribution in [-0.2, 0) is 11.2 Å². The average Bonchev–Trinajstić information content (AvgIpc) is 2.74. The Hall–Kier alpha value is -1.95. The maximum Gasteiger partial charge on any atom is 0.573 e. The summed E-state index contributed by atoms with van der Waals surface area (Å²) in [6.45, 7) is 3.87. The van der Waals surface area contributed by atoms with E-state index in [0.717, 1.165) is 50.5 Å². The van der Waals surface area contributed by atoms with Crippen molar-refractivity contribution >= 4 is 17.5 Å². The third-order valence-electron chi connectivity index (χ3n) is 6.54. The highest BCUT2D eigenvalue weighted by Crippen LogP contribution is 2.46. The normalized spacial score (nSPS) is 22.3. The molecule has 1 aliphatic rings. The lowest BCUT2D eigenvalue weighted by Gasteiger charge is -2.39. The average molecular weight is 465 g/mol. The molecular weight excluding hydrogens is 433 g/mol. The number of halogens is 3. The van der Waals surface area contributed by atoms with Gasteiger partial charge in [0, 0.05) is 15.6 Å². The fraction of sp³-hybridized carbons (Fsp3) is 0.500. The molecule has 0 N–H and O–H groups in total. The van der Waals surface area contributed by atoms with Crippen LogP contribution in [0.2, 0.25) is 0 Å². The van der Waals surface area contributed by atoms with Gasteiger partial charge in [0.05, 0.1) is 0 Å². The van der Waals surface area contributed by atoms with Crippen LogP contribution in [0.1, 0.15) is 57.9 Å². The molecule has 0 spiro atoms. The number of hydrogen-bond donors (Lipinski definition) is 0. The van der Waals surface area contributed by atoms with Crippen LogP contribution in [0.3, 0.4) is 0 Å². The molecule has 6 heteroatoms. The lowest BCUT2D eigenvalue weighted by molar-refractivity contribution is -0.274. The molecule has 1 saturated carbocycles. The first-order valence-electron chi connectivity index (χ1n) is 11.2. The van der Waals surface area contributed by atoms with Crippen LogP contribution < -0.4 is 4.74 Å². The van der Waals surface area contributed by atoms with Gasteiger partial charge in [-0.05, 0) is 87.6 Å². The third-order valence-corrected chi connectivity index (χ3v) is 7.89. The highest BCUT2D eigenvalue weighted by atomic mass is 32.2. The lowest BCUT2D eigenvalue weighted by Crippen LogP contribution is -2.35. The molecule has 0 aromatic heterocycles. The molecule has 0 saturated heterocycles. The smallest absolute Gasteiger partial charge is 0.406 e. The topological polar surface area (TPSA) is 26.3 Å². The van der Waals surface area contributed by atoms with Gasteiger partial charge >= 0.3 is 6.36 Å². The number of carbonyl (C=O) groups excluding carboxylic acids is 1. The molecule has 1 fully saturated rings. The molecule has 2 aromatic rings. The first-order chi connectivity index (χ1) is 15.2. The molecule has 2 nitrogen and oxygen atoms in total. The van der Waals surface area contributed by atoms with Crippen molar-refractivity contribution in [3.63, 3.8) is 0 Å². The predicted molar refractivity (Wildman–Crippen MR) is 123 cm³/mol. The highest BCUT2D eigenvalue weighted by molar-refractivity contribution is 8.00. The van der Waals surface area contributed by atoms with Gasteiger partial charge in [0.25, 0.3) is 0 Å². The Kier molecular flexibility index (Phi) is 8.32. The van der Waals surface area contributed by atoms with E-state index in [2.05, 4.69) is 35.9 Å². The maximum atomic E-state index is 12.6. The van der Waals surface area contributed by atoms with Crippen LogP contribution in [0, 0.1) is 11.3 Å². The number of Topliss-reactive ketones (excluding diaryl/α,β-unsaturated/α-hetero) is 1. The van der Waals surface area contributed by atoms with Crippen molar-refractivity contribution in [2.45, 2.75) is 75.3 Å². The number of rotatable bonds is 9. The molecule has 3 rings (SSSR count). The van der Waals surface area contributed by atoms with E-state index in [1.807, 2.05) is 17.8 Å². The number of thioether (sulfide) groups is 1. The molecule has 0 heterocycles. The van der Waals surface area contributed by atoms with E-state index in [1.165, 1.54) is 17.0 Å². The fourth-order valence-electron chi connectivity index (χ4n) is 4.59. The van der Waals surface area contributed by atoms with Gasteiger partial charge in [-0.1, -0.05) is 37.3 Å². The summed E-state index contributed by atoms with van der Waals surface area (Å²) in [4.78, 5) is 13.9. The maximum absolute atomic E-state index is 12.6. The molecule has 2 aromatic carbocycles. The summed E-state index contributed by atoms with van der Waals surface area (Å²) in [6, 6.07) is 16.5. The number of ether oxygens (including phenoxy) is 1. The van der Waals surface area contributed by atoms with Gasteiger partial charge in [-0.25, -0.2) is 0 Å². The minimum atomic E-state index is -4.67. The quantitative estimate of drug-likeness (QED) is 0.378. The zero-order valence-corrected chi connectivity index (χ0v) is 19.5. The number of alkyl halides is 3. The first kappa shape index (κ1) is 24.7. The van der Waals surface area contributed by atoms with E-state index in [4.69, 9.17) is 0 Å². The Bertz CT molecular complexity index is 857. The fourth-order valence-corrected chi connectivity index (χ4v) is 5.76. The summed E-state index contributed by atoms with van der Waals surface area (Å²) in [6.07, 6.45) is 1.87. The Morgan fingerprint density at radius 1 is 1.09 bits per heavy atom. The van der Waals surface area contributed by atoms with E-state index in [9.17, 15) is 18.0 Å². The van der Waals surface area contributed by atoms with Crippen LogP contribution in [0.25, 0.3) is 0 Å². The monoisotopic (exact) mass is 464 g/mol. The largest absolute Gasteiger partial charge is 0.573 e. The number of ketones is 1. The Morgan fingerprint density at radius 2 is 1.72 bits per heavy atom. The predicted octanol–water partition coefficient (Wildman–Crippen LogP) is 7.85.